The predicted octanol–water partition coefficient (Wildman–Crippen LogP) is 1.43. The van der Waals surface area contributed by atoms with E-state index in [-0.39, 0.29) is 18.0 Å². The molecule has 2 fully saturated rings. The van der Waals surface area contributed by atoms with Gasteiger partial charge in [0, 0.05) is 39.2 Å². The van der Waals surface area contributed by atoms with Gasteiger partial charge in [0.05, 0.1) is 12.2 Å². The van der Waals surface area contributed by atoms with Crippen molar-refractivity contribution in [2.75, 3.05) is 18.4 Å². The SMILES string of the molecule is CC(=O)N(C[C@H]1CCCN1C(=O)Nc1ccnn1C)C1CC1. The Kier molecular flexibility index (Phi) is 4.04. The largest absolute Gasteiger partial charge is 0.338 e. The van der Waals surface area contributed by atoms with Crippen LogP contribution in [0.5, 0.6) is 0 Å². The Balaban J connectivity index is 1.63. The molecule has 3 rings (SSSR count). The first kappa shape index (κ1) is 14.9. The van der Waals surface area contributed by atoms with Crippen LogP contribution in [-0.2, 0) is 11.8 Å². The number of carbonyl (C=O) groups excluding carboxylic acids is 2. The van der Waals surface area contributed by atoms with Crippen LogP contribution in [0.15, 0.2) is 12.3 Å². The number of carbonyl (C=O) groups is 2. The molecule has 22 heavy (non-hydrogen) atoms. The van der Waals surface area contributed by atoms with Gasteiger partial charge in [0.1, 0.15) is 5.82 Å². The molecule has 1 N–H and O–H groups in total. The Morgan fingerprint density at radius 1 is 1.41 bits per heavy atom. The first-order valence-corrected chi connectivity index (χ1v) is 7.89. The fourth-order valence-electron chi connectivity index (χ4n) is 3.12. The minimum absolute atomic E-state index is 0.106. The second-order valence-electron chi connectivity index (χ2n) is 6.16. The van der Waals surface area contributed by atoms with Gasteiger partial charge in [-0.25, -0.2) is 4.79 Å². The number of anilines is 1. The minimum atomic E-state index is -0.106. The van der Waals surface area contributed by atoms with Crippen LogP contribution in [0.2, 0.25) is 0 Å². The smallest absolute Gasteiger partial charge is 0.323 e. The molecule has 1 saturated heterocycles. The molecule has 2 heterocycles. The number of hydrogen-bond acceptors (Lipinski definition) is 3. The molecule has 0 spiro atoms. The molecule has 7 nitrogen and oxygen atoms in total. The molecule has 1 aromatic rings. The number of amides is 3. The summed E-state index contributed by atoms with van der Waals surface area (Å²) in [7, 11) is 1.79. The lowest BCUT2D eigenvalue weighted by molar-refractivity contribution is -0.130. The normalized spacial score (nSPS) is 21.0. The molecule has 1 saturated carbocycles. The summed E-state index contributed by atoms with van der Waals surface area (Å²) in [4.78, 5) is 28.1. The summed E-state index contributed by atoms with van der Waals surface area (Å²) in [6, 6.07) is 2.16. The summed E-state index contributed by atoms with van der Waals surface area (Å²) < 4.78 is 1.63. The van der Waals surface area contributed by atoms with Crippen molar-refractivity contribution in [2.24, 2.45) is 7.05 Å². The fourth-order valence-corrected chi connectivity index (χ4v) is 3.12. The molecule has 0 bridgehead atoms. The van der Waals surface area contributed by atoms with Crippen LogP contribution < -0.4 is 5.32 Å². The van der Waals surface area contributed by atoms with Gasteiger partial charge in [0.15, 0.2) is 0 Å². The predicted molar refractivity (Wildman–Crippen MR) is 82.4 cm³/mol. The maximum atomic E-state index is 12.5. The Morgan fingerprint density at radius 2 is 2.18 bits per heavy atom. The van der Waals surface area contributed by atoms with Crippen LogP contribution in [0.4, 0.5) is 10.6 Å². The number of aryl methyl sites for hydroxylation is 1. The molecule has 0 radical (unpaired) electrons. The van der Waals surface area contributed by atoms with E-state index in [1.807, 2.05) is 9.80 Å². The third-order valence-electron chi connectivity index (χ3n) is 4.49. The Morgan fingerprint density at radius 3 is 2.77 bits per heavy atom. The Bertz CT molecular complexity index is 566. The van der Waals surface area contributed by atoms with Crippen molar-refractivity contribution in [3.63, 3.8) is 0 Å². The molecule has 1 aliphatic carbocycles. The third-order valence-corrected chi connectivity index (χ3v) is 4.49. The van der Waals surface area contributed by atoms with Gasteiger partial charge in [-0.3, -0.25) is 14.8 Å². The van der Waals surface area contributed by atoms with E-state index in [2.05, 4.69) is 10.4 Å². The van der Waals surface area contributed by atoms with Crippen molar-refractivity contribution >= 4 is 17.8 Å². The second-order valence-corrected chi connectivity index (χ2v) is 6.16. The average molecular weight is 305 g/mol. The molecule has 120 valence electrons. The average Bonchev–Trinajstić information content (AvgIpc) is 3.07. The number of rotatable bonds is 4. The molecule has 3 amide bonds. The summed E-state index contributed by atoms with van der Waals surface area (Å²) in [6.07, 6.45) is 5.78. The van der Waals surface area contributed by atoms with E-state index in [9.17, 15) is 9.59 Å². The van der Waals surface area contributed by atoms with E-state index in [0.29, 0.717) is 18.4 Å². The Hall–Kier alpha value is -2.05. The lowest BCUT2D eigenvalue weighted by Gasteiger charge is -2.30. The molecule has 0 unspecified atom stereocenters. The number of nitrogens with one attached hydrogen (secondary N) is 1. The minimum Gasteiger partial charge on any atom is -0.338 e. The van der Waals surface area contributed by atoms with Crippen LogP contribution in [0.1, 0.15) is 32.6 Å². The van der Waals surface area contributed by atoms with Crippen LogP contribution >= 0.6 is 0 Å². The molecule has 1 atom stereocenters. The van der Waals surface area contributed by atoms with Gasteiger partial charge in [-0.1, -0.05) is 0 Å². The van der Waals surface area contributed by atoms with Gasteiger partial charge in [0.2, 0.25) is 5.91 Å². The number of urea groups is 1. The van der Waals surface area contributed by atoms with Crippen LogP contribution in [0.25, 0.3) is 0 Å². The maximum absolute atomic E-state index is 12.5. The third kappa shape index (κ3) is 3.08. The quantitative estimate of drug-likeness (QED) is 0.914. The highest BCUT2D eigenvalue weighted by molar-refractivity contribution is 5.88. The van der Waals surface area contributed by atoms with E-state index in [1.54, 1.807) is 30.9 Å². The van der Waals surface area contributed by atoms with Crippen molar-refractivity contribution in [2.45, 2.75) is 44.7 Å². The summed E-state index contributed by atoms with van der Waals surface area (Å²) in [6.45, 7) is 3.01. The fraction of sp³-hybridized carbons (Fsp3) is 0.667. The van der Waals surface area contributed by atoms with E-state index in [0.717, 1.165) is 32.2 Å². The second kappa shape index (κ2) is 5.98. The van der Waals surface area contributed by atoms with Crippen molar-refractivity contribution in [1.82, 2.24) is 19.6 Å². The highest BCUT2D eigenvalue weighted by Gasteiger charge is 2.36. The number of hydrogen-bond donors (Lipinski definition) is 1. The van der Waals surface area contributed by atoms with Gasteiger partial charge >= 0.3 is 6.03 Å². The molecule has 1 aromatic heterocycles. The first-order chi connectivity index (χ1) is 10.6. The number of likely N-dealkylation sites (tertiary alicyclic amines) is 1. The Labute approximate surface area is 130 Å². The van der Waals surface area contributed by atoms with E-state index >= 15 is 0 Å². The number of aromatic nitrogens is 2. The summed E-state index contributed by atoms with van der Waals surface area (Å²) in [5, 5.41) is 6.94. The van der Waals surface area contributed by atoms with E-state index < -0.39 is 0 Å². The van der Waals surface area contributed by atoms with Crippen molar-refractivity contribution in [3.05, 3.63) is 12.3 Å². The lowest BCUT2D eigenvalue weighted by Crippen LogP contribution is -2.47. The zero-order valence-electron chi connectivity index (χ0n) is 13.2. The zero-order valence-corrected chi connectivity index (χ0v) is 13.2. The molecule has 2 aliphatic rings. The molecule has 0 aromatic carbocycles. The van der Waals surface area contributed by atoms with E-state index in [1.165, 1.54) is 0 Å². The van der Waals surface area contributed by atoms with Crippen molar-refractivity contribution in [3.8, 4) is 0 Å². The van der Waals surface area contributed by atoms with E-state index in [4.69, 9.17) is 0 Å². The highest BCUT2D eigenvalue weighted by atomic mass is 16.2. The van der Waals surface area contributed by atoms with Crippen LogP contribution in [0.3, 0.4) is 0 Å². The molecule has 7 heteroatoms. The maximum Gasteiger partial charge on any atom is 0.323 e. The van der Waals surface area contributed by atoms with Gasteiger partial charge in [0.25, 0.3) is 0 Å². The van der Waals surface area contributed by atoms with Gasteiger partial charge in [-0.05, 0) is 25.7 Å². The molecular weight excluding hydrogens is 282 g/mol. The summed E-state index contributed by atoms with van der Waals surface area (Å²) in [5.74, 6) is 0.794. The zero-order chi connectivity index (χ0) is 15.7. The molecular formula is C15H23N5O2. The summed E-state index contributed by atoms with van der Waals surface area (Å²) >= 11 is 0. The van der Waals surface area contributed by atoms with Crippen molar-refractivity contribution in [1.29, 1.82) is 0 Å². The lowest BCUT2D eigenvalue weighted by atomic mass is 10.2. The van der Waals surface area contributed by atoms with Crippen LogP contribution in [-0.4, -0.2) is 56.7 Å². The standard InChI is InChI=1S/C15H23N5O2/c1-11(21)20(12-5-6-12)10-13-4-3-9-19(13)15(22)17-14-7-8-16-18(14)2/h7-8,12-13H,3-6,9-10H2,1-2H3,(H,17,22)/t13-/m1/s1. The topological polar surface area (TPSA) is 70.5 Å². The van der Waals surface area contributed by atoms with Gasteiger partial charge < -0.3 is 9.80 Å². The van der Waals surface area contributed by atoms with Gasteiger partial charge in [-0.2, -0.15) is 5.10 Å². The van der Waals surface area contributed by atoms with Gasteiger partial charge in [-0.15, -0.1) is 0 Å². The highest BCUT2D eigenvalue weighted by Crippen LogP contribution is 2.29. The number of nitrogens with zero attached hydrogens (tertiary/aromatic N) is 4. The van der Waals surface area contributed by atoms with Crippen LogP contribution in [0, 0.1) is 0 Å². The monoisotopic (exact) mass is 305 g/mol. The molecule has 1 aliphatic heterocycles. The summed E-state index contributed by atoms with van der Waals surface area (Å²) in [5.41, 5.74) is 0. The van der Waals surface area contributed by atoms with Crippen molar-refractivity contribution < 1.29 is 9.59 Å². The first-order valence-electron chi connectivity index (χ1n) is 7.89.